The highest BCUT2D eigenvalue weighted by molar-refractivity contribution is 5.32. The van der Waals surface area contributed by atoms with E-state index >= 15 is 0 Å². The van der Waals surface area contributed by atoms with Crippen molar-refractivity contribution in [3.05, 3.63) is 17.0 Å². The number of fused-ring (bicyclic) bond motifs is 1. The molecule has 17 heavy (non-hydrogen) atoms. The summed E-state index contributed by atoms with van der Waals surface area (Å²) in [5.41, 5.74) is -1.05. The summed E-state index contributed by atoms with van der Waals surface area (Å²) in [7, 11) is 0. The van der Waals surface area contributed by atoms with Crippen LogP contribution in [-0.2, 0) is 25.6 Å². The average molecular weight is 254 g/mol. The predicted octanol–water partition coefficient (Wildman–Crippen LogP) is 3.05. The minimum Gasteiger partial charge on any atom is -0.269 e. The Morgan fingerprint density at radius 2 is 2.00 bits per heavy atom. The topological polar surface area (TPSA) is 17.8 Å². The molecule has 0 saturated carbocycles. The summed E-state index contributed by atoms with van der Waals surface area (Å²) < 4.78 is 65.4. The van der Waals surface area contributed by atoms with Crippen molar-refractivity contribution < 1.29 is 22.0 Å². The molecule has 0 spiro atoms. The van der Waals surface area contributed by atoms with Crippen LogP contribution in [0.4, 0.5) is 22.0 Å². The van der Waals surface area contributed by atoms with E-state index in [-0.39, 0.29) is 24.2 Å². The molecule has 0 N–H and O–H groups in total. The third-order valence-corrected chi connectivity index (χ3v) is 2.90. The zero-order valence-electron chi connectivity index (χ0n) is 9.11. The van der Waals surface area contributed by atoms with Gasteiger partial charge in [0.2, 0.25) is 0 Å². The van der Waals surface area contributed by atoms with E-state index in [0.717, 1.165) is 4.68 Å². The van der Waals surface area contributed by atoms with Crippen molar-refractivity contribution in [2.75, 3.05) is 0 Å². The summed E-state index contributed by atoms with van der Waals surface area (Å²) in [4.78, 5) is 0. The average Bonchev–Trinajstić information content (AvgIpc) is 2.53. The summed E-state index contributed by atoms with van der Waals surface area (Å²) in [5.74, 6) is -2.93. The van der Waals surface area contributed by atoms with Gasteiger partial charge in [0.05, 0.1) is 6.42 Å². The third kappa shape index (κ3) is 2.14. The Labute approximate surface area is 94.4 Å². The molecule has 0 unspecified atom stereocenters. The van der Waals surface area contributed by atoms with Gasteiger partial charge in [0.1, 0.15) is 0 Å². The summed E-state index contributed by atoms with van der Waals surface area (Å²) in [5, 5.41) is 3.41. The van der Waals surface area contributed by atoms with Crippen molar-refractivity contribution in [2.45, 2.75) is 44.8 Å². The summed E-state index contributed by atoms with van der Waals surface area (Å²) in [6.45, 7) is 1.74. The maximum absolute atomic E-state index is 13.2. The van der Waals surface area contributed by atoms with Crippen molar-refractivity contribution in [2.24, 2.45) is 0 Å². The lowest BCUT2D eigenvalue weighted by atomic mass is 9.92. The van der Waals surface area contributed by atoms with Gasteiger partial charge >= 0.3 is 6.18 Å². The minimum atomic E-state index is -4.57. The quantitative estimate of drug-likeness (QED) is 0.704. The zero-order chi connectivity index (χ0) is 12.8. The Bertz CT molecular complexity index is 433. The first-order chi connectivity index (χ1) is 7.74. The molecule has 0 radical (unpaired) electrons. The fourth-order valence-corrected chi connectivity index (χ4v) is 2.13. The number of alkyl halides is 5. The van der Waals surface area contributed by atoms with Crippen molar-refractivity contribution in [1.82, 2.24) is 9.78 Å². The van der Waals surface area contributed by atoms with Gasteiger partial charge in [0, 0.05) is 24.2 Å². The number of aromatic nitrogens is 2. The smallest absolute Gasteiger partial charge is 0.269 e. The molecule has 1 aromatic rings. The van der Waals surface area contributed by atoms with Gasteiger partial charge < -0.3 is 0 Å². The molecular formula is C10H11F5N2. The molecule has 1 aliphatic carbocycles. The second kappa shape index (κ2) is 3.68. The van der Waals surface area contributed by atoms with Crippen LogP contribution in [0.3, 0.4) is 0 Å². The van der Waals surface area contributed by atoms with Gasteiger partial charge in [-0.1, -0.05) is 0 Å². The van der Waals surface area contributed by atoms with Crippen LogP contribution in [0.25, 0.3) is 0 Å². The highest BCUT2D eigenvalue weighted by Gasteiger charge is 2.44. The van der Waals surface area contributed by atoms with E-state index < -0.39 is 30.6 Å². The molecule has 2 rings (SSSR count). The molecule has 1 heterocycles. The zero-order valence-corrected chi connectivity index (χ0v) is 9.11. The Kier molecular flexibility index (Phi) is 2.67. The molecule has 0 amide bonds. The van der Waals surface area contributed by atoms with Crippen molar-refractivity contribution in [3.8, 4) is 0 Å². The van der Waals surface area contributed by atoms with Gasteiger partial charge in [-0.15, -0.1) is 0 Å². The Balaban J connectivity index is 2.52. The number of halogens is 5. The molecule has 0 aromatic carbocycles. The van der Waals surface area contributed by atoms with Gasteiger partial charge in [-0.05, 0) is 13.3 Å². The molecule has 0 atom stereocenters. The van der Waals surface area contributed by atoms with E-state index in [1.807, 2.05) is 0 Å². The van der Waals surface area contributed by atoms with Crippen LogP contribution in [0.1, 0.15) is 30.3 Å². The highest BCUT2D eigenvalue weighted by atomic mass is 19.4. The maximum atomic E-state index is 13.2. The van der Waals surface area contributed by atoms with Gasteiger partial charge in [0.25, 0.3) is 5.92 Å². The van der Waals surface area contributed by atoms with E-state index in [0.29, 0.717) is 0 Å². The number of nitrogens with zero attached hydrogens (tertiary/aromatic N) is 2. The molecular weight excluding hydrogens is 243 g/mol. The fraction of sp³-hybridized carbons (Fsp3) is 0.700. The lowest BCUT2D eigenvalue weighted by Gasteiger charge is -2.23. The second-order valence-electron chi connectivity index (χ2n) is 4.12. The first-order valence-corrected chi connectivity index (χ1v) is 5.28. The summed E-state index contributed by atoms with van der Waals surface area (Å²) in [6, 6.07) is 0. The second-order valence-corrected chi connectivity index (χ2v) is 4.12. The SMILES string of the molecule is CCn1nc(C(F)(F)F)c2c1CC(F)(F)CC2. The third-order valence-electron chi connectivity index (χ3n) is 2.90. The normalized spacial score (nSPS) is 19.2. The molecule has 1 aliphatic rings. The molecule has 0 bridgehead atoms. The summed E-state index contributed by atoms with van der Waals surface area (Å²) >= 11 is 0. The molecule has 0 fully saturated rings. The monoisotopic (exact) mass is 254 g/mol. The van der Waals surface area contributed by atoms with Gasteiger partial charge in [-0.3, -0.25) is 4.68 Å². The van der Waals surface area contributed by atoms with E-state index in [9.17, 15) is 22.0 Å². The Morgan fingerprint density at radius 1 is 1.35 bits per heavy atom. The first kappa shape index (κ1) is 12.3. The van der Waals surface area contributed by atoms with Crippen LogP contribution in [0, 0.1) is 0 Å². The molecule has 7 heteroatoms. The van der Waals surface area contributed by atoms with Gasteiger partial charge in [0.15, 0.2) is 5.69 Å². The predicted molar refractivity (Wildman–Crippen MR) is 49.9 cm³/mol. The Morgan fingerprint density at radius 3 is 2.53 bits per heavy atom. The molecule has 0 aliphatic heterocycles. The highest BCUT2D eigenvalue weighted by Crippen LogP contribution is 2.39. The molecule has 2 nitrogen and oxygen atoms in total. The lowest BCUT2D eigenvalue weighted by molar-refractivity contribution is -0.142. The van der Waals surface area contributed by atoms with E-state index in [4.69, 9.17) is 0 Å². The number of hydrogen-bond donors (Lipinski definition) is 0. The van der Waals surface area contributed by atoms with Crippen LogP contribution >= 0.6 is 0 Å². The van der Waals surface area contributed by atoms with Crippen LogP contribution in [0.2, 0.25) is 0 Å². The van der Waals surface area contributed by atoms with Crippen molar-refractivity contribution >= 4 is 0 Å². The van der Waals surface area contributed by atoms with Crippen LogP contribution < -0.4 is 0 Å². The van der Waals surface area contributed by atoms with Crippen LogP contribution in [-0.4, -0.2) is 15.7 Å². The lowest BCUT2D eigenvalue weighted by Crippen LogP contribution is -2.28. The van der Waals surface area contributed by atoms with Gasteiger partial charge in [-0.2, -0.15) is 18.3 Å². The largest absolute Gasteiger partial charge is 0.435 e. The minimum absolute atomic E-state index is 0.0241. The molecule has 0 saturated heterocycles. The van der Waals surface area contributed by atoms with Crippen molar-refractivity contribution in [3.63, 3.8) is 0 Å². The standard InChI is InChI=1S/C10H11F5N2/c1-2-17-7-5-9(11,12)4-3-6(7)8(16-17)10(13,14)15/h2-5H2,1H3. The number of hydrogen-bond acceptors (Lipinski definition) is 1. The molecule has 96 valence electrons. The molecule has 1 aromatic heterocycles. The maximum Gasteiger partial charge on any atom is 0.435 e. The van der Waals surface area contributed by atoms with Crippen LogP contribution in [0.15, 0.2) is 0 Å². The van der Waals surface area contributed by atoms with Crippen molar-refractivity contribution in [1.29, 1.82) is 0 Å². The van der Waals surface area contributed by atoms with E-state index in [2.05, 4.69) is 5.10 Å². The number of aryl methyl sites for hydroxylation is 1. The van der Waals surface area contributed by atoms with Crippen LogP contribution in [0.5, 0.6) is 0 Å². The fourth-order valence-electron chi connectivity index (χ4n) is 2.13. The van der Waals surface area contributed by atoms with Gasteiger partial charge in [-0.25, -0.2) is 8.78 Å². The first-order valence-electron chi connectivity index (χ1n) is 5.28. The van der Waals surface area contributed by atoms with E-state index in [1.54, 1.807) is 6.92 Å². The number of rotatable bonds is 1. The van der Waals surface area contributed by atoms with E-state index in [1.165, 1.54) is 0 Å². The summed E-state index contributed by atoms with van der Waals surface area (Å²) in [6.07, 6.45) is -6.04. The Hall–Kier alpha value is -1.14.